The largest absolute Gasteiger partial charge is 0.318 e. The lowest BCUT2D eigenvalue weighted by Crippen LogP contribution is -2.17. The molecule has 0 heterocycles. The van der Waals surface area contributed by atoms with Crippen molar-refractivity contribution >= 4 is 0 Å². The van der Waals surface area contributed by atoms with E-state index in [1.165, 1.54) is 32.1 Å². The summed E-state index contributed by atoms with van der Waals surface area (Å²) >= 11 is 0. The molecule has 0 aliphatic heterocycles. The van der Waals surface area contributed by atoms with E-state index in [0.717, 1.165) is 12.3 Å². The van der Waals surface area contributed by atoms with Crippen LogP contribution < -0.4 is 5.73 Å². The summed E-state index contributed by atoms with van der Waals surface area (Å²) < 4.78 is 0. The highest BCUT2D eigenvalue weighted by Gasteiger charge is 2.14. The van der Waals surface area contributed by atoms with E-state index in [9.17, 15) is 0 Å². The van der Waals surface area contributed by atoms with E-state index in [-0.39, 0.29) is 6.04 Å². The molecule has 1 fully saturated rings. The van der Waals surface area contributed by atoms with Gasteiger partial charge >= 0.3 is 0 Å². The highest BCUT2D eigenvalue weighted by molar-refractivity contribution is 4.96. The number of rotatable bonds is 3. The van der Waals surface area contributed by atoms with E-state index in [1.807, 2.05) is 0 Å². The van der Waals surface area contributed by atoms with Crippen LogP contribution in [-0.2, 0) is 0 Å². The van der Waals surface area contributed by atoms with Gasteiger partial charge in [0.2, 0.25) is 0 Å². The average molecular weight is 151 g/mol. The smallest absolute Gasteiger partial charge is 0.0662 e. The van der Waals surface area contributed by atoms with Crippen LogP contribution in [0.1, 0.15) is 38.5 Å². The summed E-state index contributed by atoms with van der Waals surface area (Å²) in [5.74, 6) is 3.49. The molecule has 0 aromatic rings. The molecular weight excluding hydrogens is 134 g/mol. The number of nitrogens with two attached hydrogens (primary N) is 1. The molecule has 1 unspecified atom stereocenters. The Bertz CT molecular complexity index is 139. The van der Waals surface area contributed by atoms with E-state index in [1.54, 1.807) is 0 Å². The molecule has 62 valence electrons. The number of hydrogen-bond donors (Lipinski definition) is 1. The number of terminal acetylenes is 1. The Balaban J connectivity index is 2.07. The monoisotopic (exact) mass is 151 g/mol. The van der Waals surface area contributed by atoms with Crippen LogP contribution in [0.4, 0.5) is 0 Å². The van der Waals surface area contributed by atoms with Crippen molar-refractivity contribution in [3.8, 4) is 12.3 Å². The van der Waals surface area contributed by atoms with Gasteiger partial charge in [0.25, 0.3) is 0 Å². The van der Waals surface area contributed by atoms with Gasteiger partial charge in [-0.2, -0.15) is 0 Å². The van der Waals surface area contributed by atoms with Crippen LogP contribution in [0.25, 0.3) is 0 Å². The average Bonchev–Trinajstić information content (AvgIpc) is 2.52. The van der Waals surface area contributed by atoms with E-state index >= 15 is 0 Å². The van der Waals surface area contributed by atoms with Gasteiger partial charge in [0, 0.05) is 0 Å². The highest BCUT2D eigenvalue weighted by atomic mass is 14.6. The Morgan fingerprint density at radius 2 is 2.09 bits per heavy atom. The molecule has 0 radical (unpaired) electrons. The normalized spacial score (nSPS) is 21.5. The minimum atomic E-state index is -0.00407. The minimum absolute atomic E-state index is 0.00407. The molecule has 1 nitrogen and oxygen atoms in total. The lowest BCUT2D eigenvalue weighted by molar-refractivity contribution is 0.473. The minimum Gasteiger partial charge on any atom is -0.318 e. The van der Waals surface area contributed by atoms with Gasteiger partial charge in [0.15, 0.2) is 0 Å². The Morgan fingerprint density at radius 3 is 2.64 bits per heavy atom. The van der Waals surface area contributed by atoms with Gasteiger partial charge in [-0.15, -0.1) is 6.42 Å². The quantitative estimate of drug-likeness (QED) is 0.613. The van der Waals surface area contributed by atoms with E-state index in [0.29, 0.717) is 0 Å². The molecule has 1 rings (SSSR count). The highest BCUT2D eigenvalue weighted by Crippen LogP contribution is 2.28. The van der Waals surface area contributed by atoms with Crippen LogP contribution in [0.15, 0.2) is 0 Å². The summed E-state index contributed by atoms with van der Waals surface area (Å²) in [6.07, 6.45) is 13.1. The summed E-state index contributed by atoms with van der Waals surface area (Å²) in [7, 11) is 0. The lowest BCUT2D eigenvalue weighted by Gasteiger charge is -2.09. The molecule has 0 amide bonds. The molecule has 1 aliphatic carbocycles. The van der Waals surface area contributed by atoms with Crippen molar-refractivity contribution in [2.45, 2.75) is 44.6 Å². The predicted molar refractivity (Wildman–Crippen MR) is 48.0 cm³/mol. The second-order valence-corrected chi connectivity index (χ2v) is 3.50. The molecule has 11 heavy (non-hydrogen) atoms. The van der Waals surface area contributed by atoms with Gasteiger partial charge in [0.1, 0.15) is 0 Å². The Kier molecular flexibility index (Phi) is 3.45. The molecule has 0 spiro atoms. The third-order valence-electron chi connectivity index (χ3n) is 2.57. The van der Waals surface area contributed by atoms with Crippen molar-refractivity contribution in [3.63, 3.8) is 0 Å². The standard InChI is InChI=1S/C10H17N/c1-2-10(11)8-7-9-5-3-4-6-9/h1,9-10H,3-8,11H2. The molecule has 0 aromatic carbocycles. The zero-order valence-electron chi connectivity index (χ0n) is 7.05. The second-order valence-electron chi connectivity index (χ2n) is 3.50. The van der Waals surface area contributed by atoms with Gasteiger partial charge in [0.05, 0.1) is 6.04 Å². The fourth-order valence-electron chi connectivity index (χ4n) is 1.80. The van der Waals surface area contributed by atoms with Gasteiger partial charge < -0.3 is 5.73 Å². The van der Waals surface area contributed by atoms with Crippen LogP contribution in [0, 0.1) is 18.3 Å². The third-order valence-corrected chi connectivity index (χ3v) is 2.57. The van der Waals surface area contributed by atoms with E-state index < -0.39 is 0 Å². The summed E-state index contributed by atoms with van der Waals surface area (Å²) in [6.45, 7) is 0. The van der Waals surface area contributed by atoms with Gasteiger partial charge in [-0.3, -0.25) is 0 Å². The van der Waals surface area contributed by atoms with E-state index in [2.05, 4.69) is 5.92 Å². The zero-order chi connectivity index (χ0) is 8.10. The Hall–Kier alpha value is -0.480. The molecule has 0 bridgehead atoms. The van der Waals surface area contributed by atoms with Crippen molar-refractivity contribution in [2.24, 2.45) is 11.7 Å². The van der Waals surface area contributed by atoms with Gasteiger partial charge in [-0.25, -0.2) is 0 Å². The first-order valence-corrected chi connectivity index (χ1v) is 4.54. The Labute approximate surface area is 69.4 Å². The van der Waals surface area contributed by atoms with Gasteiger partial charge in [-0.05, 0) is 18.8 Å². The molecule has 2 N–H and O–H groups in total. The van der Waals surface area contributed by atoms with Crippen LogP contribution in [-0.4, -0.2) is 6.04 Å². The Morgan fingerprint density at radius 1 is 1.45 bits per heavy atom. The first-order chi connectivity index (χ1) is 5.33. The van der Waals surface area contributed by atoms with Crippen LogP contribution in [0.3, 0.4) is 0 Å². The second kappa shape index (κ2) is 4.41. The maximum absolute atomic E-state index is 5.61. The van der Waals surface area contributed by atoms with Crippen LogP contribution >= 0.6 is 0 Å². The van der Waals surface area contributed by atoms with Gasteiger partial charge in [-0.1, -0.05) is 31.6 Å². The fourth-order valence-corrected chi connectivity index (χ4v) is 1.80. The first kappa shape index (κ1) is 8.62. The molecule has 1 saturated carbocycles. The lowest BCUT2D eigenvalue weighted by atomic mass is 9.99. The summed E-state index contributed by atoms with van der Waals surface area (Å²) in [4.78, 5) is 0. The SMILES string of the molecule is C#CC(N)CCC1CCCC1. The molecular formula is C10H17N. The molecule has 1 heteroatoms. The van der Waals surface area contributed by atoms with Crippen molar-refractivity contribution in [2.75, 3.05) is 0 Å². The van der Waals surface area contributed by atoms with Crippen molar-refractivity contribution in [3.05, 3.63) is 0 Å². The van der Waals surface area contributed by atoms with Crippen LogP contribution in [0.2, 0.25) is 0 Å². The van der Waals surface area contributed by atoms with Crippen molar-refractivity contribution in [1.29, 1.82) is 0 Å². The molecule has 0 aromatic heterocycles. The third kappa shape index (κ3) is 2.95. The summed E-state index contributed by atoms with van der Waals surface area (Å²) in [6, 6.07) is -0.00407. The molecule has 0 saturated heterocycles. The maximum Gasteiger partial charge on any atom is 0.0662 e. The summed E-state index contributed by atoms with van der Waals surface area (Å²) in [5, 5.41) is 0. The van der Waals surface area contributed by atoms with Crippen molar-refractivity contribution < 1.29 is 0 Å². The zero-order valence-corrected chi connectivity index (χ0v) is 7.05. The first-order valence-electron chi connectivity index (χ1n) is 4.54. The number of hydrogen-bond acceptors (Lipinski definition) is 1. The van der Waals surface area contributed by atoms with Crippen molar-refractivity contribution in [1.82, 2.24) is 0 Å². The topological polar surface area (TPSA) is 26.0 Å². The molecule has 1 atom stereocenters. The predicted octanol–water partition coefficient (Wildman–Crippen LogP) is 1.92. The summed E-state index contributed by atoms with van der Waals surface area (Å²) in [5.41, 5.74) is 5.61. The molecule has 1 aliphatic rings. The maximum atomic E-state index is 5.61. The van der Waals surface area contributed by atoms with Crippen LogP contribution in [0.5, 0.6) is 0 Å². The fraction of sp³-hybridized carbons (Fsp3) is 0.800. The van der Waals surface area contributed by atoms with E-state index in [4.69, 9.17) is 12.2 Å².